The van der Waals surface area contributed by atoms with E-state index in [0.29, 0.717) is 5.69 Å². The van der Waals surface area contributed by atoms with E-state index in [1.165, 1.54) is 0 Å². The number of nitriles is 1. The summed E-state index contributed by atoms with van der Waals surface area (Å²) in [5, 5.41) is 13.5. The van der Waals surface area contributed by atoms with Crippen molar-refractivity contribution in [3.8, 4) is 6.07 Å². The lowest BCUT2D eigenvalue weighted by Gasteiger charge is -2.17. The highest BCUT2D eigenvalue weighted by Gasteiger charge is 2.37. The Morgan fingerprint density at radius 3 is 2.75 bits per heavy atom. The number of carbonyl (C=O) groups is 3. The van der Waals surface area contributed by atoms with Gasteiger partial charge in [-0.1, -0.05) is 12.1 Å². The molecule has 1 saturated heterocycles. The summed E-state index contributed by atoms with van der Waals surface area (Å²) in [6, 6.07) is 7.01. The van der Waals surface area contributed by atoms with E-state index >= 15 is 0 Å². The van der Waals surface area contributed by atoms with Crippen LogP contribution in [0.5, 0.6) is 0 Å². The lowest BCUT2D eigenvalue weighted by molar-refractivity contribution is -0.118. The van der Waals surface area contributed by atoms with E-state index in [4.69, 9.17) is 5.26 Å². The van der Waals surface area contributed by atoms with Crippen LogP contribution in [0.25, 0.3) is 0 Å². The van der Waals surface area contributed by atoms with Gasteiger partial charge in [0.05, 0.1) is 17.4 Å². The number of hydrogen-bond acceptors (Lipinski definition) is 4. The molecule has 0 radical (unpaired) electrons. The van der Waals surface area contributed by atoms with Gasteiger partial charge in [0.2, 0.25) is 5.91 Å². The summed E-state index contributed by atoms with van der Waals surface area (Å²) < 4.78 is 0. The lowest BCUT2D eigenvalue weighted by Crippen LogP contribution is -2.32. The summed E-state index contributed by atoms with van der Waals surface area (Å²) in [6.07, 6.45) is -0.301. The highest BCUT2D eigenvalue weighted by atomic mass is 16.2. The topological polar surface area (TPSA) is 102 Å². The first-order chi connectivity index (χ1) is 9.54. The lowest BCUT2D eigenvalue weighted by atomic mass is 10.2. The van der Waals surface area contributed by atoms with Crippen molar-refractivity contribution in [3.63, 3.8) is 0 Å². The zero-order valence-corrected chi connectivity index (χ0v) is 10.7. The van der Waals surface area contributed by atoms with Crippen molar-refractivity contribution in [1.29, 1.82) is 5.26 Å². The number of anilines is 2. The van der Waals surface area contributed by atoms with E-state index in [9.17, 15) is 14.4 Å². The van der Waals surface area contributed by atoms with E-state index in [1.54, 1.807) is 37.3 Å². The van der Waals surface area contributed by atoms with Crippen molar-refractivity contribution in [2.45, 2.75) is 19.4 Å². The molecule has 0 saturated carbocycles. The predicted octanol–water partition coefficient (Wildman–Crippen LogP) is 0.983. The molecule has 1 unspecified atom stereocenters. The van der Waals surface area contributed by atoms with Crippen LogP contribution < -0.4 is 15.5 Å². The number of nitrogens with one attached hydrogen (secondary N) is 2. The number of carbonyl (C=O) groups excluding carboxylic acids is 3. The van der Waals surface area contributed by atoms with E-state index in [0.717, 1.165) is 4.90 Å². The molecular weight excluding hydrogens is 260 g/mol. The van der Waals surface area contributed by atoms with Gasteiger partial charge in [0, 0.05) is 0 Å². The highest BCUT2D eigenvalue weighted by Crippen LogP contribution is 2.28. The van der Waals surface area contributed by atoms with Gasteiger partial charge in [-0.25, -0.2) is 9.69 Å². The first-order valence-electron chi connectivity index (χ1n) is 5.95. The Hall–Kier alpha value is -2.88. The van der Waals surface area contributed by atoms with Gasteiger partial charge in [0.1, 0.15) is 12.5 Å². The second-order valence-electron chi connectivity index (χ2n) is 4.25. The summed E-state index contributed by atoms with van der Waals surface area (Å²) >= 11 is 0. The average molecular weight is 272 g/mol. The quantitative estimate of drug-likeness (QED) is 0.801. The van der Waals surface area contributed by atoms with Crippen LogP contribution in [0.2, 0.25) is 0 Å². The Balaban J connectivity index is 2.33. The number of hydrogen-bond donors (Lipinski definition) is 2. The Morgan fingerprint density at radius 1 is 1.45 bits per heavy atom. The van der Waals surface area contributed by atoms with Gasteiger partial charge in [0.25, 0.3) is 5.91 Å². The van der Waals surface area contributed by atoms with Gasteiger partial charge in [-0.2, -0.15) is 5.26 Å². The molecule has 102 valence electrons. The fourth-order valence-electron chi connectivity index (χ4n) is 1.87. The Bertz CT molecular complexity index is 620. The number of nitrogens with zero attached hydrogens (tertiary/aromatic N) is 2. The molecule has 1 aliphatic heterocycles. The van der Waals surface area contributed by atoms with Crippen LogP contribution in [0, 0.1) is 11.3 Å². The van der Waals surface area contributed by atoms with Crippen LogP contribution in [-0.4, -0.2) is 23.9 Å². The molecule has 4 amide bonds. The van der Waals surface area contributed by atoms with Crippen molar-refractivity contribution in [2.24, 2.45) is 0 Å². The van der Waals surface area contributed by atoms with E-state index in [2.05, 4.69) is 10.6 Å². The van der Waals surface area contributed by atoms with Crippen LogP contribution in [-0.2, 0) is 9.59 Å². The van der Waals surface area contributed by atoms with Crippen molar-refractivity contribution < 1.29 is 14.4 Å². The van der Waals surface area contributed by atoms with Crippen molar-refractivity contribution in [3.05, 3.63) is 24.3 Å². The highest BCUT2D eigenvalue weighted by molar-refractivity contribution is 6.23. The van der Waals surface area contributed by atoms with Gasteiger partial charge in [-0.15, -0.1) is 0 Å². The van der Waals surface area contributed by atoms with Crippen LogP contribution in [0.3, 0.4) is 0 Å². The van der Waals surface area contributed by atoms with Gasteiger partial charge in [0.15, 0.2) is 0 Å². The van der Waals surface area contributed by atoms with Gasteiger partial charge >= 0.3 is 6.03 Å². The molecule has 0 aromatic heterocycles. The van der Waals surface area contributed by atoms with E-state index in [-0.39, 0.29) is 12.1 Å². The molecule has 7 nitrogen and oxygen atoms in total. The molecule has 1 heterocycles. The molecule has 1 atom stereocenters. The molecule has 1 fully saturated rings. The normalized spacial score (nSPS) is 17.6. The first kappa shape index (κ1) is 13.5. The van der Waals surface area contributed by atoms with Crippen molar-refractivity contribution >= 4 is 29.2 Å². The van der Waals surface area contributed by atoms with Crippen molar-refractivity contribution in [1.82, 2.24) is 5.32 Å². The molecule has 2 N–H and O–H groups in total. The molecule has 0 spiro atoms. The Morgan fingerprint density at radius 2 is 2.15 bits per heavy atom. The largest absolute Gasteiger partial charge is 0.329 e. The van der Waals surface area contributed by atoms with Gasteiger partial charge in [-0.3, -0.25) is 9.59 Å². The number of imide groups is 1. The van der Waals surface area contributed by atoms with Crippen LogP contribution in [0.15, 0.2) is 24.3 Å². The van der Waals surface area contributed by atoms with Crippen molar-refractivity contribution in [2.75, 3.05) is 10.2 Å². The third kappa shape index (κ3) is 2.44. The smallest absolute Gasteiger partial charge is 0.326 e. The summed E-state index contributed by atoms with van der Waals surface area (Å²) in [5.41, 5.74) is 0.594. The molecule has 20 heavy (non-hydrogen) atoms. The minimum Gasteiger partial charge on any atom is -0.326 e. The van der Waals surface area contributed by atoms with Crippen LogP contribution >= 0.6 is 0 Å². The summed E-state index contributed by atoms with van der Waals surface area (Å²) in [7, 11) is 0. The zero-order chi connectivity index (χ0) is 14.7. The standard InChI is InChI=1S/C13H12N4O3/c1-8-12(19)17(13(20)15-8)10-5-3-2-4-9(10)16-11(18)6-7-14/h2-5,8H,6H2,1H3,(H,15,20)(H,16,18). The first-order valence-corrected chi connectivity index (χ1v) is 5.95. The third-order valence-corrected chi connectivity index (χ3v) is 2.79. The number of rotatable bonds is 3. The molecule has 1 aromatic rings. The summed E-state index contributed by atoms with van der Waals surface area (Å²) in [4.78, 5) is 36.2. The third-order valence-electron chi connectivity index (χ3n) is 2.79. The maximum absolute atomic E-state index is 12.0. The number of urea groups is 1. The van der Waals surface area contributed by atoms with E-state index in [1.807, 2.05) is 0 Å². The molecule has 2 rings (SSSR count). The fourth-order valence-corrected chi connectivity index (χ4v) is 1.87. The minimum atomic E-state index is -0.606. The number of amides is 4. The van der Waals surface area contributed by atoms with Crippen LogP contribution in [0.1, 0.15) is 13.3 Å². The van der Waals surface area contributed by atoms with Crippen LogP contribution in [0.4, 0.5) is 16.2 Å². The number of para-hydroxylation sites is 2. The number of benzene rings is 1. The molecule has 1 aromatic carbocycles. The Kier molecular flexibility index (Phi) is 3.66. The summed E-state index contributed by atoms with van der Waals surface area (Å²) in [5.74, 6) is -0.892. The monoisotopic (exact) mass is 272 g/mol. The van der Waals surface area contributed by atoms with Gasteiger partial charge < -0.3 is 10.6 Å². The predicted molar refractivity (Wildman–Crippen MR) is 70.8 cm³/mol. The minimum absolute atomic E-state index is 0.283. The Labute approximate surface area is 115 Å². The second-order valence-corrected chi connectivity index (χ2v) is 4.25. The SMILES string of the molecule is CC1NC(=O)N(c2ccccc2NC(=O)CC#N)C1=O. The van der Waals surface area contributed by atoms with E-state index < -0.39 is 23.9 Å². The molecule has 7 heteroatoms. The average Bonchev–Trinajstić information content (AvgIpc) is 2.65. The maximum atomic E-state index is 12.0. The second kappa shape index (κ2) is 5.40. The molecule has 0 bridgehead atoms. The molecule has 0 aliphatic carbocycles. The molecule has 1 aliphatic rings. The zero-order valence-electron chi connectivity index (χ0n) is 10.7. The summed E-state index contributed by atoms with van der Waals surface area (Å²) in [6.45, 7) is 1.58. The molecular formula is C13H12N4O3. The van der Waals surface area contributed by atoms with Gasteiger partial charge in [-0.05, 0) is 19.1 Å². The fraction of sp³-hybridized carbons (Fsp3) is 0.231. The maximum Gasteiger partial charge on any atom is 0.329 e.